The van der Waals surface area contributed by atoms with Crippen molar-refractivity contribution in [3.63, 3.8) is 0 Å². The normalized spacial score (nSPS) is 17.8. The second-order valence-electron chi connectivity index (χ2n) is 22.4. The molecule has 13 heteroatoms. The molecule has 4 atom stereocenters. The number of methoxy groups -OCH3 is 1. The highest BCUT2D eigenvalue weighted by Crippen LogP contribution is 2.33. The molecule has 2 saturated heterocycles. The third-order valence-electron chi connectivity index (χ3n) is 11.6. The number of carbonyl (C=O) groups excluding carboxylic acids is 4. The molecule has 2 aliphatic heterocycles. The fourth-order valence-corrected chi connectivity index (χ4v) is 8.85. The molecule has 2 fully saturated rings. The lowest BCUT2D eigenvalue weighted by atomic mass is 9.85. The van der Waals surface area contributed by atoms with E-state index in [4.69, 9.17) is 23.7 Å². The summed E-state index contributed by atoms with van der Waals surface area (Å²) in [4.78, 5) is 59.5. The van der Waals surface area contributed by atoms with Crippen molar-refractivity contribution >= 4 is 24.1 Å². The third-order valence-corrected chi connectivity index (χ3v) is 11.6. The van der Waals surface area contributed by atoms with Crippen LogP contribution in [0.1, 0.15) is 124 Å². The quantitative estimate of drug-likeness (QED) is 0.107. The largest absolute Gasteiger partial charge is 0.497 e. The Balaban J connectivity index is 1.40. The van der Waals surface area contributed by atoms with Crippen molar-refractivity contribution in [1.29, 1.82) is 0 Å². The molecule has 2 heterocycles. The average Bonchev–Trinajstić information content (AvgIpc) is 3.88. The lowest BCUT2D eigenvalue weighted by Crippen LogP contribution is -2.38. The van der Waals surface area contributed by atoms with Gasteiger partial charge in [0.2, 0.25) is 0 Å². The summed E-state index contributed by atoms with van der Waals surface area (Å²) >= 11 is 0. The summed E-state index contributed by atoms with van der Waals surface area (Å²) in [5, 5.41) is 0. The Labute approximate surface area is 398 Å². The molecule has 0 aliphatic carbocycles. The zero-order valence-corrected chi connectivity index (χ0v) is 42.3. The van der Waals surface area contributed by atoms with Crippen molar-refractivity contribution in [1.82, 2.24) is 14.7 Å². The number of esters is 2. The lowest BCUT2D eigenvalue weighted by molar-refractivity contribution is -0.163. The van der Waals surface area contributed by atoms with Gasteiger partial charge in [-0.3, -0.25) is 14.5 Å². The van der Waals surface area contributed by atoms with Crippen LogP contribution >= 0.6 is 0 Å². The van der Waals surface area contributed by atoms with Crippen LogP contribution in [0.4, 0.5) is 14.0 Å². The Hall–Kier alpha value is -5.17. The second-order valence-corrected chi connectivity index (χ2v) is 22.4. The summed E-state index contributed by atoms with van der Waals surface area (Å²) in [6.07, 6.45) is 1.38. The van der Waals surface area contributed by atoms with E-state index in [-0.39, 0.29) is 36.0 Å². The first-order valence-electron chi connectivity index (χ1n) is 23.7. The SMILES string of the molecule is COc1cc(F)cc(CN(Cc2cccc(CC(C(=O)OC(C)(C)C)[C@H]3CCN(C(=O)OC(C)(C)C)C3)c2)Cc2cccc(CC(C(=O)OC(C)(C)C)[C@H]3CCN(C(=O)OC(C)(C)C)C3)c2)c1. The summed E-state index contributed by atoms with van der Waals surface area (Å²) in [7, 11) is 1.52. The van der Waals surface area contributed by atoms with Gasteiger partial charge in [0.05, 0.1) is 18.9 Å². The van der Waals surface area contributed by atoms with Crippen LogP contribution in [0.3, 0.4) is 0 Å². The Morgan fingerprint density at radius 2 is 0.955 bits per heavy atom. The van der Waals surface area contributed by atoms with Crippen LogP contribution in [0.15, 0.2) is 66.7 Å². The lowest BCUT2D eigenvalue weighted by Gasteiger charge is -2.28. The van der Waals surface area contributed by atoms with Crippen molar-refractivity contribution in [2.75, 3.05) is 33.3 Å². The summed E-state index contributed by atoms with van der Waals surface area (Å²) < 4.78 is 43.6. The monoisotopic (exact) mass is 930 g/mol. The number of carbonyl (C=O) groups is 4. The predicted octanol–water partition coefficient (Wildman–Crippen LogP) is 10.6. The number of rotatable bonds is 15. The molecule has 2 unspecified atom stereocenters. The molecule has 368 valence electrons. The molecule has 0 saturated carbocycles. The minimum atomic E-state index is -0.686. The number of benzene rings is 3. The Morgan fingerprint density at radius 1 is 0.567 bits per heavy atom. The van der Waals surface area contributed by atoms with E-state index in [2.05, 4.69) is 29.2 Å². The summed E-state index contributed by atoms with van der Waals surface area (Å²) in [5.74, 6) is -1.78. The first kappa shape index (κ1) is 52.8. The van der Waals surface area contributed by atoms with Crippen LogP contribution in [0, 0.1) is 29.5 Å². The smallest absolute Gasteiger partial charge is 0.410 e. The zero-order valence-electron chi connectivity index (χ0n) is 42.3. The number of hydrogen-bond acceptors (Lipinski definition) is 10. The van der Waals surface area contributed by atoms with Crippen molar-refractivity contribution < 1.29 is 47.3 Å². The summed E-state index contributed by atoms with van der Waals surface area (Å²) in [6, 6.07) is 21.1. The van der Waals surface area contributed by atoms with Crippen molar-refractivity contribution in [3.05, 3.63) is 100 Å². The van der Waals surface area contributed by atoms with Crippen LogP contribution in [-0.4, -0.2) is 94.5 Å². The maximum Gasteiger partial charge on any atom is 0.410 e. The highest BCUT2D eigenvalue weighted by atomic mass is 19.1. The van der Waals surface area contributed by atoms with E-state index in [1.165, 1.54) is 19.2 Å². The summed E-state index contributed by atoms with van der Waals surface area (Å²) in [5.41, 5.74) is 2.03. The Morgan fingerprint density at radius 3 is 1.34 bits per heavy atom. The molecule has 0 spiro atoms. The van der Waals surface area contributed by atoms with Crippen molar-refractivity contribution in [3.8, 4) is 5.75 Å². The second kappa shape index (κ2) is 21.8. The molecule has 2 aliphatic rings. The molecular formula is C54H76FN3O9. The van der Waals surface area contributed by atoms with Gasteiger partial charge < -0.3 is 33.5 Å². The van der Waals surface area contributed by atoms with Crippen LogP contribution in [0.25, 0.3) is 0 Å². The number of amides is 2. The van der Waals surface area contributed by atoms with Gasteiger partial charge in [0.15, 0.2) is 0 Å². The van der Waals surface area contributed by atoms with Gasteiger partial charge in [-0.2, -0.15) is 0 Å². The zero-order chi connectivity index (χ0) is 49.5. The van der Waals surface area contributed by atoms with E-state index < -0.39 is 40.1 Å². The molecule has 3 aromatic rings. The maximum atomic E-state index is 14.9. The number of likely N-dealkylation sites (tertiary alicyclic amines) is 2. The molecule has 0 bridgehead atoms. The number of nitrogens with zero attached hydrogens (tertiary/aromatic N) is 3. The fourth-order valence-electron chi connectivity index (χ4n) is 8.85. The highest BCUT2D eigenvalue weighted by molar-refractivity contribution is 5.75. The molecule has 0 radical (unpaired) electrons. The van der Waals surface area contributed by atoms with E-state index in [9.17, 15) is 23.6 Å². The van der Waals surface area contributed by atoms with Crippen LogP contribution in [0.2, 0.25) is 0 Å². The van der Waals surface area contributed by atoms with Gasteiger partial charge in [0, 0.05) is 51.9 Å². The molecule has 5 rings (SSSR count). The van der Waals surface area contributed by atoms with Gasteiger partial charge in [-0.15, -0.1) is 0 Å². The average molecular weight is 930 g/mol. The molecule has 0 N–H and O–H groups in total. The molecule has 0 aromatic heterocycles. The van der Waals surface area contributed by atoms with Gasteiger partial charge in [-0.05, 0) is 161 Å². The first-order chi connectivity index (χ1) is 31.1. The minimum Gasteiger partial charge on any atom is -0.497 e. The maximum absolute atomic E-state index is 14.9. The predicted molar refractivity (Wildman–Crippen MR) is 257 cm³/mol. The van der Waals surface area contributed by atoms with E-state index in [0.29, 0.717) is 77.2 Å². The fraction of sp³-hybridized carbons (Fsp3) is 0.593. The first-order valence-corrected chi connectivity index (χ1v) is 23.7. The van der Waals surface area contributed by atoms with E-state index in [1.54, 1.807) is 9.80 Å². The Kier molecular flexibility index (Phi) is 17.2. The van der Waals surface area contributed by atoms with Gasteiger partial charge in [0.25, 0.3) is 0 Å². The van der Waals surface area contributed by atoms with Gasteiger partial charge in [-0.25, -0.2) is 14.0 Å². The highest BCUT2D eigenvalue weighted by Gasteiger charge is 2.41. The van der Waals surface area contributed by atoms with Crippen LogP contribution in [0.5, 0.6) is 5.75 Å². The molecule has 67 heavy (non-hydrogen) atoms. The van der Waals surface area contributed by atoms with Gasteiger partial charge in [0.1, 0.15) is 34.0 Å². The molecule has 12 nitrogen and oxygen atoms in total. The van der Waals surface area contributed by atoms with E-state index >= 15 is 0 Å². The van der Waals surface area contributed by atoms with Gasteiger partial charge in [-0.1, -0.05) is 48.5 Å². The Bertz CT molecular complexity index is 2060. The molecule has 3 aromatic carbocycles. The van der Waals surface area contributed by atoms with Crippen molar-refractivity contribution in [2.24, 2.45) is 23.7 Å². The van der Waals surface area contributed by atoms with Gasteiger partial charge >= 0.3 is 24.1 Å². The number of halogens is 1. The van der Waals surface area contributed by atoms with E-state index in [1.807, 2.05) is 113 Å². The molecular weight excluding hydrogens is 854 g/mol. The topological polar surface area (TPSA) is 124 Å². The number of hydrogen-bond donors (Lipinski definition) is 0. The third kappa shape index (κ3) is 17.1. The number of ether oxygens (including phenoxy) is 5. The minimum absolute atomic E-state index is 0.120. The van der Waals surface area contributed by atoms with Crippen molar-refractivity contribution in [2.45, 2.75) is 151 Å². The standard InChI is InChI=1S/C54H76FN3O9/c1-51(2,3)64-47(59)45(41-20-22-57(34-41)49(61)66-53(7,8)9)28-36-16-14-18-38(24-36)31-56(33-40-26-43(55)30-44(27-40)63-13)32-39-19-15-17-37(25-39)29-46(48(60)65-52(4,5)6)42-21-23-58(35-42)50(62)67-54(10,11)12/h14-19,24-27,30,41-42,45-46H,20-23,28-29,31-35H2,1-13H3/t41-,42-,45?,46?/m0/s1. The molecule has 2 amide bonds. The van der Waals surface area contributed by atoms with E-state index in [0.717, 1.165) is 27.8 Å². The van der Waals surface area contributed by atoms with Crippen LogP contribution in [-0.2, 0) is 61.0 Å². The van der Waals surface area contributed by atoms with Crippen LogP contribution < -0.4 is 4.74 Å². The summed E-state index contributed by atoms with van der Waals surface area (Å²) in [6.45, 7) is 25.4.